The Hall–Kier alpha value is -1.52. The number of carbonyl (C=O) groups is 1. The van der Waals surface area contributed by atoms with Crippen LogP contribution in [0.3, 0.4) is 0 Å². The van der Waals surface area contributed by atoms with Crippen molar-refractivity contribution >= 4 is 44.9 Å². The van der Waals surface area contributed by atoms with Gasteiger partial charge in [-0.2, -0.15) is 0 Å². The first-order chi connectivity index (χ1) is 9.04. The van der Waals surface area contributed by atoms with Gasteiger partial charge < -0.3 is 10.6 Å². The van der Waals surface area contributed by atoms with E-state index in [1.807, 2.05) is 43.3 Å². The van der Waals surface area contributed by atoms with Crippen molar-refractivity contribution in [1.82, 2.24) is 0 Å². The highest BCUT2D eigenvalue weighted by atomic mass is 79.9. The number of hydrogen-bond acceptors (Lipinski definition) is 1. The lowest BCUT2D eigenvalue weighted by Gasteiger charge is -2.10. The van der Waals surface area contributed by atoms with Gasteiger partial charge in [0.25, 0.3) is 0 Å². The van der Waals surface area contributed by atoms with E-state index in [4.69, 9.17) is 11.6 Å². The van der Waals surface area contributed by atoms with Crippen LogP contribution in [0.15, 0.2) is 46.9 Å². The number of carbonyl (C=O) groups excluding carboxylic acids is 1. The van der Waals surface area contributed by atoms with Crippen LogP contribution in [-0.4, -0.2) is 6.03 Å². The van der Waals surface area contributed by atoms with E-state index in [-0.39, 0.29) is 6.03 Å². The standard InChI is InChI=1S/C14H12BrClN2O/c1-9-5-6-12(16)13(7-9)18-14(19)17-11-4-2-3-10(15)8-11/h2-8H,1H3,(H2,17,18,19). The molecule has 0 atom stereocenters. The van der Waals surface area contributed by atoms with E-state index < -0.39 is 0 Å². The molecule has 0 saturated carbocycles. The Morgan fingerprint density at radius 1 is 1.16 bits per heavy atom. The summed E-state index contributed by atoms with van der Waals surface area (Å²) in [4.78, 5) is 11.9. The molecular formula is C14H12BrClN2O. The number of halogens is 2. The molecule has 2 rings (SSSR count). The van der Waals surface area contributed by atoms with Crippen molar-refractivity contribution < 1.29 is 4.79 Å². The topological polar surface area (TPSA) is 41.1 Å². The summed E-state index contributed by atoms with van der Waals surface area (Å²) in [5.41, 5.74) is 2.33. The Morgan fingerprint density at radius 2 is 1.95 bits per heavy atom. The lowest BCUT2D eigenvalue weighted by Crippen LogP contribution is -2.19. The van der Waals surface area contributed by atoms with Crippen LogP contribution in [-0.2, 0) is 0 Å². The summed E-state index contributed by atoms with van der Waals surface area (Å²) in [5, 5.41) is 5.97. The average Bonchev–Trinajstić information content (AvgIpc) is 2.34. The van der Waals surface area contributed by atoms with Gasteiger partial charge in [-0.3, -0.25) is 0 Å². The van der Waals surface area contributed by atoms with E-state index in [2.05, 4.69) is 26.6 Å². The first-order valence-corrected chi connectivity index (χ1v) is 6.81. The highest BCUT2D eigenvalue weighted by Gasteiger charge is 2.06. The molecule has 3 nitrogen and oxygen atoms in total. The summed E-state index contributed by atoms with van der Waals surface area (Å²) >= 11 is 9.37. The minimum absolute atomic E-state index is 0.328. The van der Waals surface area contributed by atoms with Crippen LogP contribution in [0.25, 0.3) is 0 Å². The van der Waals surface area contributed by atoms with Crippen LogP contribution in [0.1, 0.15) is 5.56 Å². The second-order valence-electron chi connectivity index (χ2n) is 4.07. The molecule has 2 aromatic rings. The van der Waals surface area contributed by atoms with Crippen LogP contribution in [0.4, 0.5) is 16.2 Å². The molecule has 2 amide bonds. The number of anilines is 2. The van der Waals surface area contributed by atoms with Gasteiger partial charge in [0.1, 0.15) is 0 Å². The maximum atomic E-state index is 11.9. The highest BCUT2D eigenvalue weighted by molar-refractivity contribution is 9.10. The maximum absolute atomic E-state index is 11.9. The van der Waals surface area contributed by atoms with Gasteiger partial charge in [0.15, 0.2) is 0 Å². The van der Waals surface area contributed by atoms with Gasteiger partial charge >= 0.3 is 6.03 Å². The zero-order chi connectivity index (χ0) is 13.8. The SMILES string of the molecule is Cc1ccc(Cl)c(NC(=O)Nc2cccc(Br)c2)c1. The lowest BCUT2D eigenvalue weighted by atomic mass is 10.2. The summed E-state index contributed by atoms with van der Waals surface area (Å²) in [6.45, 7) is 1.94. The molecule has 0 unspecified atom stereocenters. The van der Waals surface area contributed by atoms with Crippen molar-refractivity contribution in [3.63, 3.8) is 0 Å². The third-order valence-corrected chi connectivity index (χ3v) is 3.28. The molecule has 5 heteroatoms. The summed E-state index contributed by atoms with van der Waals surface area (Å²) in [5.74, 6) is 0. The minimum Gasteiger partial charge on any atom is -0.308 e. The first-order valence-electron chi connectivity index (χ1n) is 5.64. The number of amides is 2. The summed E-state index contributed by atoms with van der Waals surface area (Å²) in [6.07, 6.45) is 0. The Bertz CT molecular complexity index is 616. The van der Waals surface area contributed by atoms with Crippen molar-refractivity contribution in [1.29, 1.82) is 0 Å². The minimum atomic E-state index is -0.328. The number of urea groups is 1. The molecule has 2 aromatic carbocycles. The average molecular weight is 340 g/mol. The third-order valence-electron chi connectivity index (χ3n) is 2.45. The number of rotatable bonds is 2. The maximum Gasteiger partial charge on any atom is 0.323 e. The zero-order valence-corrected chi connectivity index (χ0v) is 12.5. The fourth-order valence-corrected chi connectivity index (χ4v) is 2.15. The Labute approximate surface area is 125 Å². The second-order valence-corrected chi connectivity index (χ2v) is 5.40. The Balaban J connectivity index is 2.07. The zero-order valence-electron chi connectivity index (χ0n) is 10.2. The molecule has 0 spiro atoms. The molecule has 0 aliphatic carbocycles. The molecule has 0 bridgehead atoms. The fraction of sp³-hybridized carbons (Fsp3) is 0.0714. The molecule has 98 valence electrons. The van der Waals surface area contributed by atoms with Crippen molar-refractivity contribution in [3.8, 4) is 0 Å². The van der Waals surface area contributed by atoms with Crippen molar-refractivity contribution in [2.45, 2.75) is 6.92 Å². The monoisotopic (exact) mass is 338 g/mol. The molecule has 0 radical (unpaired) electrons. The first kappa shape index (κ1) is 13.9. The fourth-order valence-electron chi connectivity index (χ4n) is 1.59. The van der Waals surface area contributed by atoms with E-state index >= 15 is 0 Å². The molecule has 0 saturated heterocycles. The number of benzene rings is 2. The van der Waals surface area contributed by atoms with Crippen molar-refractivity contribution in [3.05, 3.63) is 57.5 Å². The molecule has 2 N–H and O–H groups in total. The normalized spacial score (nSPS) is 10.1. The van der Waals surface area contributed by atoms with E-state index in [1.165, 1.54) is 0 Å². The summed E-state index contributed by atoms with van der Waals surface area (Å²) < 4.78 is 0.902. The molecule has 0 aliphatic heterocycles. The quantitative estimate of drug-likeness (QED) is 0.789. The molecule has 19 heavy (non-hydrogen) atoms. The van der Waals surface area contributed by atoms with Crippen LogP contribution in [0, 0.1) is 6.92 Å². The van der Waals surface area contributed by atoms with Crippen LogP contribution < -0.4 is 10.6 Å². The number of nitrogens with one attached hydrogen (secondary N) is 2. The van der Waals surface area contributed by atoms with E-state index in [0.717, 1.165) is 10.0 Å². The van der Waals surface area contributed by atoms with Gasteiger partial charge in [0.05, 0.1) is 10.7 Å². The predicted octanol–water partition coefficient (Wildman–Crippen LogP) is 5.05. The summed E-state index contributed by atoms with van der Waals surface area (Å²) in [6, 6.07) is 12.5. The van der Waals surface area contributed by atoms with Crippen LogP contribution >= 0.6 is 27.5 Å². The van der Waals surface area contributed by atoms with E-state index in [9.17, 15) is 4.79 Å². The van der Waals surface area contributed by atoms with Crippen molar-refractivity contribution in [2.24, 2.45) is 0 Å². The molecule has 0 heterocycles. The van der Waals surface area contributed by atoms with E-state index in [1.54, 1.807) is 6.07 Å². The van der Waals surface area contributed by atoms with Gasteiger partial charge in [0.2, 0.25) is 0 Å². The van der Waals surface area contributed by atoms with Gasteiger partial charge in [-0.1, -0.05) is 39.7 Å². The van der Waals surface area contributed by atoms with Gasteiger partial charge in [-0.15, -0.1) is 0 Å². The van der Waals surface area contributed by atoms with Crippen LogP contribution in [0.5, 0.6) is 0 Å². The number of aryl methyl sites for hydroxylation is 1. The summed E-state index contributed by atoms with van der Waals surface area (Å²) in [7, 11) is 0. The molecule has 0 aromatic heterocycles. The predicted molar refractivity (Wildman–Crippen MR) is 83.0 cm³/mol. The van der Waals surface area contributed by atoms with Gasteiger partial charge in [-0.25, -0.2) is 4.79 Å². The highest BCUT2D eigenvalue weighted by Crippen LogP contribution is 2.23. The molecule has 0 fully saturated rings. The van der Waals surface area contributed by atoms with Crippen LogP contribution in [0.2, 0.25) is 5.02 Å². The number of hydrogen-bond donors (Lipinski definition) is 2. The lowest BCUT2D eigenvalue weighted by molar-refractivity contribution is 0.262. The second kappa shape index (κ2) is 6.08. The Kier molecular flexibility index (Phi) is 4.45. The molecular weight excluding hydrogens is 328 g/mol. The largest absolute Gasteiger partial charge is 0.323 e. The Morgan fingerprint density at radius 3 is 2.68 bits per heavy atom. The van der Waals surface area contributed by atoms with Gasteiger partial charge in [-0.05, 0) is 42.8 Å². The molecule has 0 aliphatic rings. The third kappa shape index (κ3) is 3.98. The van der Waals surface area contributed by atoms with E-state index in [0.29, 0.717) is 16.4 Å². The van der Waals surface area contributed by atoms with Crippen molar-refractivity contribution in [2.75, 3.05) is 10.6 Å². The van der Waals surface area contributed by atoms with Gasteiger partial charge in [0, 0.05) is 10.2 Å². The smallest absolute Gasteiger partial charge is 0.308 e.